The van der Waals surface area contributed by atoms with Crippen molar-refractivity contribution in [2.24, 2.45) is 0 Å². The maximum absolute atomic E-state index is 13.5. The van der Waals surface area contributed by atoms with Gasteiger partial charge in [-0.1, -0.05) is 0 Å². The Hall–Kier alpha value is 0.300. The number of alkyl halides is 5. The van der Waals surface area contributed by atoms with Crippen LogP contribution in [0.2, 0.25) is 0 Å². The van der Waals surface area contributed by atoms with Crippen LogP contribution >= 0.6 is 63.7 Å². The largest absolute Gasteiger partial charge is 0.505 e. The van der Waals surface area contributed by atoms with E-state index in [1.807, 2.05) is 0 Å². The summed E-state index contributed by atoms with van der Waals surface area (Å²) in [6, 6.07) is 0. The Morgan fingerprint density at radius 3 is 1.58 bits per heavy atom. The summed E-state index contributed by atoms with van der Waals surface area (Å²) in [6.07, 6.45) is -10.1. The van der Waals surface area contributed by atoms with E-state index >= 15 is 0 Å². The third-order valence-corrected chi connectivity index (χ3v) is 7.41. The standard InChI is InChI=1S/C9H3Br4F5O5S/c10-1-3(12)6(4(13)2(11)5(1)19)23-7(8(14,15)16)9(17,18)24(20,21)22/h7,19H,(H,20,21,22). The van der Waals surface area contributed by atoms with Gasteiger partial charge in [-0.05, 0) is 63.7 Å². The highest BCUT2D eigenvalue weighted by atomic mass is 79.9. The summed E-state index contributed by atoms with van der Waals surface area (Å²) in [5.41, 5.74) is 0. The van der Waals surface area contributed by atoms with Crippen molar-refractivity contribution in [2.45, 2.75) is 17.5 Å². The molecule has 0 fully saturated rings. The molecule has 0 heterocycles. The Bertz CT molecular complexity index is 738. The van der Waals surface area contributed by atoms with Crippen LogP contribution in [0.4, 0.5) is 22.0 Å². The van der Waals surface area contributed by atoms with Gasteiger partial charge in [0.2, 0.25) is 0 Å². The fraction of sp³-hybridized carbons (Fsp3) is 0.333. The van der Waals surface area contributed by atoms with Gasteiger partial charge in [-0.3, -0.25) is 4.55 Å². The van der Waals surface area contributed by atoms with E-state index in [1.165, 1.54) is 0 Å². The minimum atomic E-state index is -6.44. The lowest BCUT2D eigenvalue weighted by Crippen LogP contribution is -2.53. The van der Waals surface area contributed by atoms with Crippen LogP contribution in [-0.4, -0.2) is 35.6 Å². The van der Waals surface area contributed by atoms with E-state index in [2.05, 4.69) is 68.5 Å². The maximum atomic E-state index is 13.5. The normalized spacial score (nSPS) is 14.6. The molecule has 1 aromatic carbocycles. The van der Waals surface area contributed by atoms with Crippen molar-refractivity contribution in [3.63, 3.8) is 0 Å². The molecule has 1 rings (SSSR count). The quantitative estimate of drug-likeness (QED) is 0.269. The second-order valence-electron chi connectivity index (χ2n) is 4.01. The number of aromatic hydroxyl groups is 1. The van der Waals surface area contributed by atoms with Gasteiger partial charge < -0.3 is 9.84 Å². The summed E-state index contributed by atoms with van der Waals surface area (Å²) in [5, 5.41) is 3.97. The molecule has 1 aromatic rings. The number of hydrogen-bond acceptors (Lipinski definition) is 4. The lowest BCUT2D eigenvalue weighted by Gasteiger charge is -2.28. The predicted octanol–water partition coefficient (Wildman–Crippen LogP) is 5.23. The topological polar surface area (TPSA) is 83.8 Å². The van der Waals surface area contributed by atoms with Crippen molar-refractivity contribution < 1.29 is 44.8 Å². The Morgan fingerprint density at radius 1 is 0.917 bits per heavy atom. The first-order chi connectivity index (χ1) is 10.5. The Balaban J connectivity index is 3.60. The number of phenolic OH excluding ortho intramolecular Hbond substituents is 1. The van der Waals surface area contributed by atoms with Gasteiger partial charge in [0.25, 0.3) is 6.10 Å². The molecule has 0 saturated heterocycles. The number of ether oxygens (including phenoxy) is 1. The smallest absolute Gasteiger partial charge is 0.432 e. The van der Waals surface area contributed by atoms with E-state index in [1.54, 1.807) is 0 Å². The molecule has 1 unspecified atom stereocenters. The molecular formula is C9H3Br4F5O5S. The number of phenols is 1. The molecule has 0 radical (unpaired) electrons. The van der Waals surface area contributed by atoms with Gasteiger partial charge in [0.05, 0.1) is 17.9 Å². The molecule has 0 aliphatic rings. The maximum Gasteiger partial charge on any atom is 0.432 e. The highest BCUT2D eigenvalue weighted by molar-refractivity contribution is 9.14. The molecule has 0 bridgehead atoms. The summed E-state index contributed by atoms with van der Waals surface area (Å²) in [7, 11) is -6.44. The van der Waals surface area contributed by atoms with Gasteiger partial charge in [0.15, 0.2) is 5.75 Å². The lowest BCUT2D eigenvalue weighted by atomic mass is 10.3. The van der Waals surface area contributed by atoms with E-state index in [0.717, 1.165) is 0 Å². The molecule has 0 aromatic heterocycles. The van der Waals surface area contributed by atoms with Gasteiger partial charge in [-0.2, -0.15) is 30.4 Å². The molecule has 0 aliphatic carbocycles. The second kappa shape index (κ2) is 7.13. The number of rotatable bonds is 4. The molecule has 15 heteroatoms. The first kappa shape index (κ1) is 22.3. The molecule has 138 valence electrons. The van der Waals surface area contributed by atoms with Crippen LogP contribution in [0, 0.1) is 0 Å². The number of halogens is 9. The molecule has 2 N–H and O–H groups in total. The van der Waals surface area contributed by atoms with E-state index < -0.39 is 48.1 Å². The van der Waals surface area contributed by atoms with Gasteiger partial charge in [0.1, 0.15) is 5.75 Å². The minimum absolute atomic E-state index is 0.260. The number of benzene rings is 1. The Morgan fingerprint density at radius 2 is 1.29 bits per heavy atom. The monoisotopic (exact) mass is 634 g/mol. The van der Waals surface area contributed by atoms with Crippen LogP contribution in [0.25, 0.3) is 0 Å². The summed E-state index contributed by atoms with van der Waals surface area (Å²) in [4.78, 5) is 0. The fourth-order valence-electron chi connectivity index (χ4n) is 1.28. The zero-order valence-electron chi connectivity index (χ0n) is 10.5. The second-order valence-corrected chi connectivity index (χ2v) is 8.68. The van der Waals surface area contributed by atoms with Crippen molar-refractivity contribution in [3.8, 4) is 11.5 Å². The van der Waals surface area contributed by atoms with E-state index in [4.69, 9.17) is 4.55 Å². The van der Waals surface area contributed by atoms with Crippen molar-refractivity contribution in [1.82, 2.24) is 0 Å². The summed E-state index contributed by atoms with van der Waals surface area (Å²) in [6.45, 7) is 0. The van der Waals surface area contributed by atoms with E-state index in [-0.39, 0.29) is 8.95 Å². The van der Waals surface area contributed by atoms with Crippen molar-refractivity contribution in [3.05, 3.63) is 17.9 Å². The Kier molecular flexibility index (Phi) is 6.64. The highest BCUT2D eigenvalue weighted by Crippen LogP contribution is 2.51. The van der Waals surface area contributed by atoms with Crippen LogP contribution in [0.3, 0.4) is 0 Å². The first-order valence-electron chi connectivity index (χ1n) is 5.16. The molecule has 0 amide bonds. The average molecular weight is 638 g/mol. The summed E-state index contributed by atoms with van der Waals surface area (Å²) in [5.74, 6) is -1.41. The van der Waals surface area contributed by atoms with Crippen LogP contribution in [-0.2, 0) is 10.1 Å². The molecule has 24 heavy (non-hydrogen) atoms. The van der Waals surface area contributed by atoms with Crippen molar-refractivity contribution in [1.29, 1.82) is 0 Å². The Labute approximate surface area is 164 Å². The molecule has 0 saturated carbocycles. The molecular weight excluding hydrogens is 635 g/mol. The van der Waals surface area contributed by atoms with Gasteiger partial charge in [-0.15, -0.1) is 0 Å². The van der Waals surface area contributed by atoms with E-state index in [9.17, 15) is 35.5 Å². The van der Waals surface area contributed by atoms with Crippen LogP contribution in [0.15, 0.2) is 17.9 Å². The minimum Gasteiger partial charge on any atom is -0.505 e. The fourth-order valence-corrected chi connectivity index (χ4v) is 3.98. The van der Waals surface area contributed by atoms with Gasteiger partial charge in [0, 0.05) is 0 Å². The van der Waals surface area contributed by atoms with E-state index in [0.29, 0.717) is 0 Å². The zero-order valence-corrected chi connectivity index (χ0v) is 17.7. The highest BCUT2D eigenvalue weighted by Gasteiger charge is 2.65. The van der Waals surface area contributed by atoms with Gasteiger partial charge >= 0.3 is 21.5 Å². The predicted molar refractivity (Wildman–Crippen MR) is 85.9 cm³/mol. The van der Waals surface area contributed by atoms with Crippen molar-refractivity contribution in [2.75, 3.05) is 0 Å². The third kappa shape index (κ3) is 4.16. The van der Waals surface area contributed by atoms with Crippen LogP contribution in [0.1, 0.15) is 0 Å². The van der Waals surface area contributed by atoms with Crippen LogP contribution < -0.4 is 4.74 Å². The molecule has 0 aliphatic heterocycles. The van der Waals surface area contributed by atoms with Gasteiger partial charge in [-0.25, -0.2) is 0 Å². The zero-order chi connectivity index (χ0) is 19.2. The summed E-state index contributed by atoms with van der Waals surface area (Å²) < 4.78 is 98.2. The molecule has 5 nitrogen and oxygen atoms in total. The molecule has 1 atom stereocenters. The summed E-state index contributed by atoms with van der Waals surface area (Å²) >= 11 is 11.0. The molecule has 0 spiro atoms. The first-order valence-corrected chi connectivity index (χ1v) is 9.77. The van der Waals surface area contributed by atoms with Crippen LogP contribution in [0.5, 0.6) is 11.5 Å². The average Bonchev–Trinajstić information content (AvgIpc) is 2.40. The lowest BCUT2D eigenvalue weighted by molar-refractivity contribution is -0.239. The third-order valence-electron chi connectivity index (χ3n) is 2.38. The SMILES string of the molecule is O=S(=O)(O)C(F)(F)C(Oc1c(Br)c(Br)c(O)c(Br)c1Br)C(F)(F)F. The number of hydrogen-bond donors (Lipinski definition) is 2. The van der Waals surface area contributed by atoms with Crippen molar-refractivity contribution >= 4 is 73.8 Å².